The minimum Gasteiger partial charge on any atom is -0.465 e. The Bertz CT molecular complexity index is 371. The number of hydrogen-bond donors (Lipinski definition) is 0. The van der Waals surface area contributed by atoms with Gasteiger partial charge in [-0.2, -0.15) is 0 Å². The molecule has 116 valence electrons. The smallest absolute Gasteiger partial charge is 0.311 e. The zero-order chi connectivity index (χ0) is 15.6. The average Bonchev–Trinajstić information content (AvgIpc) is 2.32. The minimum absolute atomic E-state index is 0.0498. The van der Waals surface area contributed by atoms with Gasteiger partial charge >= 0.3 is 11.9 Å². The molecule has 0 bridgehead atoms. The van der Waals surface area contributed by atoms with Gasteiger partial charge in [0.2, 0.25) is 0 Å². The van der Waals surface area contributed by atoms with Crippen LogP contribution in [-0.4, -0.2) is 24.1 Å². The number of esters is 2. The van der Waals surface area contributed by atoms with Crippen LogP contribution >= 0.6 is 0 Å². The normalized spacial score (nSPS) is 31.5. The summed E-state index contributed by atoms with van der Waals surface area (Å²) >= 11 is 0. The highest BCUT2D eigenvalue weighted by atomic mass is 16.6. The van der Waals surface area contributed by atoms with Crippen molar-refractivity contribution in [2.24, 2.45) is 17.3 Å². The lowest BCUT2D eigenvalue weighted by Crippen LogP contribution is -2.39. The van der Waals surface area contributed by atoms with Crippen LogP contribution < -0.4 is 0 Å². The third kappa shape index (κ3) is 3.97. The molecule has 2 rings (SSSR count). The molecule has 2 unspecified atom stereocenters. The first-order valence-corrected chi connectivity index (χ1v) is 7.46. The van der Waals surface area contributed by atoms with E-state index in [2.05, 4.69) is 13.8 Å². The van der Waals surface area contributed by atoms with E-state index in [1.807, 2.05) is 27.7 Å². The summed E-state index contributed by atoms with van der Waals surface area (Å²) < 4.78 is 10.1. The predicted octanol–water partition coefficient (Wildman–Crippen LogP) is 3.33. The summed E-state index contributed by atoms with van der Waals surface area (Å²) in [7, 11) is 0. The molecule has 0 amide bonds. The van der Waals surface area contributed by atoms with Gasteiger partial charge in [0.25, 0.3) is 0 Å². The van der Waals surface area contributed by atoms with Crippen molar-refractivity contribution in [2.75, 3.05) is 6.61 Å². The molecule has 0 saturated carbocycles. The second-order valence-electron chi connectivity index (χ2n) is 7.06. The van der Waals surface area contributed by atoms with Crippen LogP contribution in [0.15, 0.2) is 0 Å². The van der Waals surface area contributed by atoms with E-state index < -0.39 is 0 Å². The van der Waals surface area contributed by atoms with Crippen LogP contribution in [0.4, 0.5) is 0 Å². The van der Waals surface area contributed by atoms with Crippen LogP contribution in [0.1, 0.15) is 60.8 Å². The quantitative estimate of drug-likeness (QED) is 0.640. The highest BCUT2D eigenvalue weighted by molar-refractivity contribution is 5.76. The van der Waals surface area contributed by atoms with Gasteiger partial charge in [-0.15, -0.1) is 0 Å². The fourth-order valence-electron chi connectivity index (χ4n) is 2.20. The van der Waals surface area contributed by atoms with Crippen LogP contribution in [0.3, 0.4) is 0 Å². The first-order valence-electron chi connectivity index (χ1n) is 7.46. The van der Waals surface area contributed by atoms with Crippen LogP contribution in [-0.2, 0) is 19.1 Å². The molecule has 20 heavy (non-hydrogen) atoms. The van der Waals surface area contributed by atoms with E-state index in [9.17, 15) is 9.59 Å². The van der Waals surface area contributed by atoms with Crippen molar-refractivity contribution in [1.82, 2.24) is 0 Å². The molecule has 2 aliphatic rings. The molecule has 2 atom stereocenters. The fraction of sp³-hybridized carbons (Fsp3) is 0.875. The highest BCUT2D eigenvalue weighted by Gasteiger charge is 2.38. The van der Waals surface area contributed by atoms with Crippen molar-refractivity contribution in [1.29, 1.82) is 0 Å². The van der Waals surface area contributed by atoms with Gasteiger partial charge in [-0.05, 0) is 52.4 Å². The molecule has 0 aromatic carbocycles. The number of ether oxygens (including phenoxy) is 2. The topological polar surface area (TPSA) is 52.6 Å². The van der Waals surface area contributed by atoms with E-state index in [1.54, 1.807) is 0 Å². The second-order valence-corrected chi connectivity index (χ2v) is 7.06. The summed E-state index contributed by atoms with van der Waals surface area (Å²) in [4.78, 5) is 21.9. The zero-order valence-electron chi connectivity index (χ0n) is 13.6. The van der Waals surface area contributed by atoms with E-state index >= 15 is 0 Å². The summed E-state index contributed by atoms with van der Waals surface area (Å²) in [5, 5.41) is 0. The van der Waals surface area contributed by atoms with Gasteiger partial charge in [-0.25, -0.2) is 0 Å². The van der Waals surface area contributed by atoms with E-state index in [-0.39, 0.29) is 23.0 Å². The second kappa shape index (κ2) is 6.15. The molecular weight excluding hydrogens is 256 g/mol. The number of rotatable bonds is 0. The van der Waals surface area contributed by atoms with E-state index in [0.29, 0.717) is 24.9 Å². The lowest BCUT2D eigenvalue weighted by atomic mass is 9.77. The molecule has 0 aromatic heterocycles. The Morgan fingerprint density at radius 2 is 1.60 bits per heavy atom. The molecule has 2 aliphatic heterocycles. The van der Waals surface area contributed by atoms with E-state index in [0.717, 1.165) is 12.8 Å². The number of hydrogen-bond acceptors (Lipinski definition) is 4. The lowest BCUT2D eigenvalue weighted by Gasteiger charge is -2.35. The Kier molecular flexibility index (Phi) is 5.22. The van der Waals surface area contributed by atoms with Gasteiger partial charge in [0.1, 0.15) is 5.60 Å². The Balaban J connectivity index is 0.000000200. The third-order valence-electron chi connectivity index (χ3n) is 4.89. The molecular formula is C16H28O4. The van der Waals surface area contributed by atoms with Crippen molar-refractivity contribution in [3.05, 3.63) is 0 Å². The van der Waals surface area contributed by atoms with E-state index in [1.165, 1.54) is 0 Å². The van der Waals surface area contributed by atoms with Crippen molar-refractivity contribution < 1.29 is 19.1 Å². The molecule has 2 saturated heterocycles. The minimum atomic E-state index is -0.266. The first kappa shape index (κ1) is 17.0. The van der Waals surface area contributed by atoms with Crippen LogP contribution in [0.5, 0.6) is 0 Å². The Morgan fingerprint density at radius 1 is 1.00 bits per heavy atom. The maximum Gasteiger partial charge on any atom is 0.311 e. The Labute approximate surface area is 122 Å². The Hall–Kier alpha value is -1.06. The SMILES string of the molecule is CC1CCC(=O)OC1(C)C.CC1CCOC(=O)C1(C)C. The molecule has 0 aromatic rings. The predicted molar refractivity (Wildman–Crippen MR) is 77.1 cm³/mol. The summed E-state index contributed by atoms with van der Waals surface area (Å²) in [5.41, 5.74) is -0.506. The summed E-state index contributed by atoms with van der Waals surface area (Å²) in [6.45, 7) is 12.6. The lowest BCUT2D eigenvalue weighted by molar-refractivity contribution is -0.169. The van der Waals surface area contributed by atoms with Gasteiger partial charge in [0.15, 0.2) is 0 Å². The maximum atomic E-state index is 11.1. The first-order chi connectivity index (χ1) is 9.07. The van der Waals surface area contributed by atoms with Crippen molar-refractivity contribution in [3.63, 3.8) is 0 Å². The van der Waals surface area contributed by atoms with Gasteiger partial charge < -0.3 is 9.47 Å². The largest absolute Gasteiger partial charge is 0.465 e. The molecule has 0 aliphatic carbocycles. The standard InChI is InChI=1S/2C8H14O2/c1-6-4-5-10-7(9)8(6,2)3;1-6-4-5-7(9)10-8(6,2)3/h2*6H,4-5H2,1-3H3. The van der Waals surface area contributed by atoms with Gasteiger partial charge in [0, 0.05) is 6.42 Å². The molecule has 4 nitrogen and oxygen atoms in total. The molecule has 0 radical (unpaired) electrons. The molecule has 2 fully saturated rings. The van der Waals surface area contributed by atoms with Crippen molar-refractivity contribution in [3.8, 4) is 0 Å². The third-order valence-corrected chi connectivity index (χ3v) is 4.89. The molecule has 4 heteroatoms. The van der Waals surface area contributed by atoms with Crippen LogP contribution in [0.2, 0.25) is 0 Å². The molecule has 0 spiro atoms. The summed E-state index contributed by atoms with van der Waals surface area (Å²) in [5.74, 6) is 0.841. The van der Waals surface area contributed by atoms with Crippen molar-refractivity contribution in [2.45, 2.75) is 66.4 Å². The number of cyclic esters (lactones) is 2. The molecule has 0 N–H and O–H groups in total. The highest BCUT2D eigenvalue weighted by Crippen LogP contribution is 2.33. The summed E-state index contributed by atoms with van der Waals surface area (Å²) in [6.07, 6.45) is 2.55. The molecule has 2 heterocycles. The summed E-state index contributed by atoms with van der Waals surface area (Å²) in [6, 6.07) is 0. The monoisotopic (exact) mass is 284 g/mol. The van der Waals surface area contributed by atoms with Gasteiger partial charge in [-0.1, -0.05) is 13.8 Å². The van der Waals surface area contributed by atoms with Gasteiger partial charge in [0.05, 0.1) is 12.0 Å². The number of carbonyl (C=O) groups excluding carboxylic acids is 2. The van der Waals surface area contributed by atoms with E-state index in [4.69, 9.17) is 9.47 Å². The van der Waals surface area contributed by atoms with Crippen LogP contribution in [0.25, 0.3) is 0 Å². The Morgan fingerprint density at radius 3 is 2.00 bits per heavy atom. The fourth-order valence-corrected chi connectivity index (χ4v) is 2.20. The van der Waals surface area contributed by atoms with Gasteiger partial charge in [-0.3, -0.25) is 9.59 Å². The van der Waals surface area contributed by atoms with Crippen molar-refractivity contribution >= 4 is 11.9 Å². The zero-order valence-corrected chi connectivity index (χ0v) is 13.6. The maximum absolute atomic E-state index is 11.1. The number of carbonyl (C=O) groups is 2. The average molecular weight is 284 g/mol. The van der Waals surface area contributed by atoms with Crippen LogP contribution in [0, 0.1) is 17.3 Å².